The number of aliphatic hydroxyl groups is 1. The number of Topliss-reactive ketones (excluding diaryl/α,β-unsaturated/α-hetero) is 1. The van der Waals surface area contributed by atoms with Crippen LogP contribution in [0.5, 0.6) is 17.2 Å². The second-order valence-electron chi connectivity index (χ2n) is 22.9. The number of allylic oxidation sites excluding steroid dienone is 2. The van der Waals surface area contributed by atoms with Crippen LogP contribution in [0.4, 0.5) is 5.69 Å². The molecule has 1 saturated heterocycles. The lowest BCUT2D eigenvalue weighted by atomic mass is 9.78. The minimum atomic E-state index is -2.03. The van der Waals surface area contributed by atoms with Crippen molar-refractivity contribution in [3.8, 4) is 17.2 Å². The summed E-state index contributed by atoms with van der Waals surface area (Å²) in [7, 11) is 0.970. The number of likely N-dealkylation sites (tertiary alicyclic amines) is 1. The Labute approximate surface area is 483 Å². The van der Waals surface area contributed by atoms with Crippen LogP contribution in [-0.2, 0) is 52.0 Å². The van der Waals surface area contributed by atoms with Gasteiger partial charge in [-0.1, -0.05) is 73.1 Å². The maximum atomic E-state index is 15.0. The number of phenols is 2. The number of hydrogen-bond acceptors (Lipinski definition) is 20. The number of benzene rings is 2. The molecule has 0 radical (unpaired) electrons. The third kappa shape index (κ3) is 15.2. The van der Waals surface area contributed by atoms with Crippen molar-refractivity contribution in [2.24, 2.45) is 39.6 Å². The summed E-state index contributed by atoms with van der Waals surface area (Å²) in [5, 5.41) is 39.7. The highest BCUT2D eigenvalue weighted by atomic mass is 31.1. The molecule has 5 bridgehead atoms. The number of carbonyl (C=O) groups excluding carboxylic acids is 5. The molecule has 5 aliphatic heterocycles. The summed E-state index contributed by atoms with van der Waals surface area (Å²) in [6.07, 6.45) is 6.75. The highest BCUT2D eigenvalue weighted by Crippen LogP contribution is 2.51. The second-order valence-corrected chi connectivity index (χ2v) is 25.0. The summed E-state index contributed by atoms with van der Waals surface area (Å²) in [5.41, 5.74) is -0.382. The van der Waals surface area contributed by atoms with Crippen LogP contribution >= 0.6 is 16.9 Å². The van der Waals surface area contributed by atoms with Crippen LogP contribution in [0.1, 0.15) is 130 Å². The first-order valence-electron chi connectivity index (χ1n) is 28.5. The first-order chi connectivity index (χ1) is 38.8. The highest BCUT2D eigenvalue weighted by molar-refractivity contribution is 7.44. The molecule has 23 heteroatoms. The molecular formula is C59H83N5O16P2. The van der Waals surface area contributed by atoms with Crippen LogP contribution in [-0.4, -0.2) is 149 Å². The quantitative estimate of drug-likeness (QED) is 0.0340. The van der Waals surface area contributed by atoms with Crippen LogP contribution < -0.4 is 20.8 Å². The fourth-order valence-electron chi connectivity index (χ4n) is 11.4. The molecule has 4 N–H and O–H groups in total. The number of fused-ring (bicyclic) bond motifs is 13. The van der Waals surface area contributed by atoms with Gasteiger partial charge in [0.05, 0.1) is 41.7 Å². The maximum Gasteiger partial charge on any atom is 0.320 e. The average molecular weight is 1180 g/mol. The van der Waals surface area contributed by atoms with Crippen molar-refractivity contribution in [1.29, 1.82) is 0 Å². The van der Waals surface area contributed by atoms with E-state index in [9.17, 15) is 48.4 Å². The minimum Gasteiger partial charge on any atom is -0.507 e. The van der Waals surface area contributed by atoms with Crippen molar-refractivity contribution in [3.05, 3.63) is 58.0 Å². The zero-order valence-electron chi connectivity index (χ0n) is 49.4. The summed E-state index contributed by atoms with van der Waals surface area (Å²) in [6, 6.07) is 0. The van der Waals surface area contributed by atoms with Crippen LogP contribution in [0.3, 0.4) is 0 Å². The van der Waals surface area contributed by atoms with Gasteiger partial charge in [-0.2, -0.15) is 0 Å². The van der Waals surface area contributed by atoms with E-state index >= 15 is 0 Å². The van der Waals surface area contributed by atoms with Crippen LogP contribution in [0.25, 0.3) is 10.8 Å². The lowest BCUT2D eigenvalue weighted by molar-refractivity contribution is -0.166. The Morgan fingerprint density at radius 3 is 2.24 bits per heavy atom. The van der Waals surface area contributed by atoms with Gasteiger partial charge < -0.3 is 54.0 Å². The van der Waals surface area contributed by atoms with Crippen LogP contribution in [0, 0.1) is 36.5 Å². The molecule has 0 unspecified atom stereocenters. The van der Waals surface area contributed by atoms with Crippen molar-refractivity contribution in [3.63, 3.8) is 0 Å². The number of unbranched alkanes of at least 4 members (excludes halogenated alkanes) is 1. The SMILES string of the molecule is CCCC(=O)OCCN(CCCCC(P=O)P=O)CC(=O)O[C@@H]1[C@@H](C)[C@@H](O)[C@@H](C)[C@H](OC(C)=O)[C@H](C)[C@@H](OC)/C=C/O[C@@]2(C)Oc3c(C)c(O)c4c(O)c(c5c(c4c3C2=O)NC2(CCN(CC(C)C)CC2)N=5)=NC(=O)/C(C)=C\C=C\[C@@H]1C. The van der Waals surface area contributed by atoms with Crippen molar-refractivity contribution >= 4 is 63.0 Å². The van der Waals surface area contributed by atoms with Gasteiger partial charge in [-0.25, -0.2) is 4.99 Å². The predicted molar refractivity (Wildman–Crippen MR) is 307 cm³/mol. The standard InChI is InChI=1S/C59H83N5O16P2/c1-13-17-41(66)76-29-27-63(24-15-14-20-43(81-73)82-74)31-42(67)79-53-33(4)18-16-19-34(5)57(72)60-49-48-47(61-59(62-48)22-25-64(26-23-59)30-32(2)3)44-45(52(49)70)51(69)38(9)55-46(44)56(71)58(11,80-55)77-28-21-40(75-12)35(6)54(78-39(10)65)37(8)50(68)36(53)7/h16,18-19,21,28,32-33,35-37,40,43,50,53-54,61,68-70H,13-15,17,20,22-27,29-31H2,1-12H3/b18-16+,28-21+,34-19-,60-49?/t33-,35+,36-,37+,40-,50+,53-,54+,58-/m0/s1. The first kappa shape index (κ1) is 65.5. The van der Waals surface area contributed by atoms with Gasteiger partial charge in [0, 0.05) is 107 Å². The van der Waals surface area contributed by atoms with E-state index in [-0.39, 0.29) is 98.6 Å². The van der Waals surface area contributed by atoms with Crippen LogP contribution in [0.2, 0.25) is 0 Å². The number of anilines is 1. The number of ether oxygens (including phenoxy) is 6. The maximum absolute atomic E-state index is 15.0. The van der Waals surface area contributed by atoms with E-state index in [1.165, 1.54) is 53.2 Å². The van der Waals surface area contributed by atoms with E-state index in [0.29, 0.717) is 64.1 Å². The number of methoxy groups -OCH3 is 1. The van der Waals surface area contributed by atoms with Crippen molar-refractivity contribution in [1.82, 2.24) is 9.80 Å². The zero-order valence-corrected chi connectivity index (χ0v) is 51.2. The molecule has 21 nitrogen and oxygen atoms in total. The van der Waals surface area contributed by atoms with Gasteiger partial charge in [0.15, 0.2) is 22.7 Å². The number of nitrogens with zero attached hydrogens (tertiary/aromatic N) is 4. The molecule has 1 fully saturated rings. The number of aromatic hydroxyl groups is 2. The Bertz CT molecular complexity index is 2930. The first-order valence-corrected chi connectivity index (χ1v) is 30.2. The Morgan fingerprint density at radius 1 is 0.927 bits per heavy atom. The molecule has 1 spiro atoms. The van der Waals surface area contributed by atoms with E-state index in [1.807, 2.05) is 6.92 Å². The average Bonchev–Trinajstić information content (AvgIpc) is 1.88. The molecule has 0 aliphatic carbocycles. The summed E-state index contributed by atoms with van der Waals surface area (Å²) in [5.74, 6) is -8.66. The van der Waals surface area contributed by atoms with Gasteiger partial charge in [0.25, 0.3) is 11.7 Å². The van der Waals surface area contributed by atoms with Crippen molar-refractivity contribution < 1.29 is 76.8 Å². The smallest absolute Gasteiger partial charge is 0.320 e. The molecule has 7 rings (SSSR count). The number of hydrogen-bond donors (Lipinski definition) is 4. The minimum absolute atomic E-state index is 0.000388. The normalized spacial score (nSPS) is 27.7. The summed E-state index contributed by atoms with van der Waals surface area (Å²) in [6.45, 7) is 21.4. The van der Waals surface area contributed by atoms with Crippen molar-refractivity contribution in [2.75, 3.05) is 58.3 Å². The monoisotopic (exact) mass is 1180 g/mol. The van der Waals surface area contributed by atoms with Gasteiger partial charge in [0.1, 0.15) is 52.1 Å². The van der Waals surface area contributed by atoms with Crippen LogP contribution in [0.15, 0.2) is 46.1 Å². The number of piperidine rings is 1. The second kappa shape index (κ2) is 28.7. The lowest BCUT2D eigenvalue weighted by Crippen LogP contribution is -2.48. The third-order valence-corrected chi connectivity index (χ3v) is 17.6. The lowest BCUT2D eigenvalue weighted by Gasteiger charge is -2.39. The third-order valence-electron chi connectivity index (χ3n) is 16.0. The molecule has 1 amide bonds. The number of rotatable bonds is 19. The molecule has 82 heavy (non-hydrogen) atoms. The zero-order chi connectivity index (χ0) is 60.4. The molecule has 9 atom stereocenters. The topological polar surface area (TPSA) is 279 Å². The Balaban J connectivity index is 1.46. The predicted octanol–water partition coefficient (Wildman–Crippen LogP) is 8.03. The summed E-state index contributed by atoms with van der Waals surface area (Å²) >= 11 is 0. The van der Waals surface area contributed by atoms with E-state index < -0.39 is 100 Å². The number of aliphatic hydroxyl groups excluding tert-OH is 1. The molecule has 2 aromatic rings. The van der Waals surface area contributed by atoms with E-state index in [1.54, 1.807) is 44.7 Å². The largest absolute Gasteiger partial charge is 0.507 e. The van der Waals surface area contributed by atoms with Gasteiger partial charge in [-0.3, -0.25) is 43.0 Å². The van der Waals surface area contributed by atoms with Gasteiger partial charge in [-0.05, 0) is 51.6 Å². The van der Waals surface area contributed by atoms with Gasteiger partial charge >= 0.3 is 23.7 Å². The molecular weight excluding hydrogens is 1100 g/mol. The number of nitrogens with one attached hydrogen (secondary N) is 1. The molecule has 5 heterocycles. The number of phenolic OH excluding ortho intramolecular Hbond substituents is 2. The number of amides is 1. The molecule has 0 saturated carbocycles. The number of esters is 3. The Kier molecular flexibility index (Phi) is 22.9. The van der Waals surface area contributed by atoms with Crippen molar-refractivity contribution in [2.45, 2.75) is 162 Å². The number of carbonyl (C=O) groups is 5. The Morgan fingerprint density at radius 2 is 1.61 bits per heavy atom. The fourth-order valence-corrected chi connectivity index (χ4v) is 12.2. The summed E-state index contributed by atoms with van der Waals surface area (Å²) in [4.78, 5) is 82.4. The van der Waals surface area contributed by atoms with E-state index in [0.717, 1.165) is 6.54 Å². The molecule has 450 valence electrons. The van der Waals surface area contributed by atoms with Gasteiger partial charge in [-0.15, -0.1) is 0 Å². The molecule has 2 aromatic carbocycles. The number of ketones is 1. The Hall–Kier alpha value is -5.69. The van der Waals surface area contributed by atoms with E-state index in [2.05, 4.69) is 29.1 Å². The van der Waals surface area contributed by atoms with E-state index in [4.69, 9.17) is 33.4 Å². The highest BCUT2D eigenvalue weighted by Gasteiger charge is 2.51. The summed E-state index contributed by atoms with van der Waals surface area (Å²) < 4.78 is 59.1. The molecule has 5 aliphatic rings. The van der Waals surface area contributed by atoms with Gasteiger partial charge in [0.2, 0.25) is 0 Å². The fraction of sp³-hybridized carbons (Fsp3) is 0.644. The molecule has 0 aromatic heterocycles.